The molecule has 0 N–H and O–H groups in total. The Hall–Kier alpha value is -2.20. The van der Waals surface area contributed by atoms with E-state index in [4.69, 9.17) is 21.1 Å². The summed E-state index contributed by atoms with van der Waals surface area (Å²) in [6.45, 7) is 4.24. The number of halogens is 1. The molecule has 4 nitrogen and oxygen atoms in total. The Morgan fingerprint density at radius 2 is 2.00 bits per heavy atom. The van der Waals surface area contributed by atoms with Gasteiger partial charge in [0.15, 0.2) is 0 Å². The quantitative estimate of drug-likeness (QED) is 0.574. The smallest absolute Gasteiger partial charge is 0.489 e. The van der Waals surface area contributed by atoms with Crippen molar-refractivity contribution in [2.24, 2.45) is 0 Å². The molecule has 0 amide bonds. The van der Waals surface area contributed by atoms with Gasteiger partial charge in [0, 0.05) is 10.6 Å². The van der Waals surface area contributed by atoms with E-state index in [9.17, 15) is 4.79 Å². The van der Waals surface area contributed by atoms with Crippen LogP contribution in [-0.2, 0) is 17.8 Å². The first kappa shape index (κ1) is 17.2. The van der Waals surface area contributed by atoms with Gasteiger partial charge in [0.25, 0.3) is 0 Å². The molecule has 0 fully saturated rings. The fourth-order valence-electron chi connectivity index (χ4n) is 2.15. The molecule has 0 aliphatic rings. The Labute approximate surface area is 140 Å². The zero-order valence-electron chi connectivity index (χ0n) is 13.4. The minimum absolute atomic E-state index is 0.265. The monoisotopic (exact) mass is 334 g/mol. The van der Waals surface area contributed by atoms with Gasteiger partial charge in [0.2, 0.25) is 0 Å². The van der Waals surface area contributed by atoms with E-state index in [2.05, 4.69) is 4.74 Å². The average molecular weight is 335 g/mol. The molecule has 0 aromatic heterocycles. The molecule has 0 aliphatic carbocycles. The second kappa shape index (κ2) is 7.88. The third-order valence-corrected chi connectivity index (χ3v) is 3.87. The van der Waals surface area contributed by atoms with Crippen LogP contribution >= 0.6 is 11.6 Å². The molecule has 0 spiro atoms. The van der Waals surface area contributed by atoms with Crippen LogP contribution in [-0.4, -0.2) is 13.3 Å². The summed E-state index contributed by atoms with van der Waals surface area (Å²) in [4.78, 5) is 11.3. The van der Waals surface area contributed by atoms with Gasteiger partial charge in [-0.2, -0.15) is 0 Å². The summed E-state index contributed by atoms with van der Waals surface area (Å²) in [7, 11) is 1.27. The van der Waals surface area contributed by atoms with Crippen LogP contribution in [0.5, 0.6) is 11.5 Å². The third kappa shape index (κ3) is 4.39. The van der Waals surface area contributed by atoms with Gasteiger partial charge in [-0.3, -0.25) is 0 Å². The average Bonchev–Trinajstić information content (AvgIpc) is 2.54. The van der Waals surface area contributed by atoms with Crippen LogP contribution in [0.3, 0.4) is 0 Å². The van der Waals surface area contributed by atoms with E-state index in [-0.39, 0.29) is 6.61 Å². The highest BCUT2D eigenvalue weighted by atomic mass is 35.5. The van der Waals surface area contributed by atoms with Gasteiger partial charge in [-0.15, -0.1) is 0 Å². The first-order valence-corrected chi connectivity index (χ1v) is 7.68. The lowest BCUT2D eigenvalue weighted by Crippen LogP contribution is -2.10. The minimum Gasteiger partial charge on any atom is -0.489 e. The number of carbonyl (C=O) groups excluding carboxylic acids is 1. The fraction of sp³-hybridized carbons (Fsp3) is 0.278. The van der Waals surface area contributed by atoms with Gasteiger partial charge in [-0.1, -0.05) is 36.7 Å². The van der Waals surface area contributed by atoms with Gasteiger partial charge in [0.1, 0.15) is 18.1 Å². The number of methoxy groups -OCH3 is 1. The van der Waals surface area contributed by atoms with Gasteiger partial charge in [0.05, 0.1) is 7.11 Å². The topological polar surface area (TPSA) is 44.8 Å². The molecule has 0 aliphatic heterocycles. The van der Waals surface area contributed by atoms with Crippen LogP contribution in [0.1, 0.15) is 23.6 Å². The van der Waals surface area contributed by atoms with E-state index in [1.165, 1.54) is 7.11 Å². The molecule has 2 aromatic rings. The number of aryl methyl sites for hydroxylation is 2. The third-order valence-electron chi connectivity index (χ3n) is 3.52. The molecule has 0 atom stereocenters. The van der Waals surface area contributed by atoms with Crippen LogP contribution < -0.4 is 9.47 Å². The van der Waals surface area contributed by atoms with E-state index in [1.54, 1.807) is 12.1 Å². The summed E-state index contributed by atoms with van der Waals surface area (Å²) < 4.78 is 15.5. The number of hydrogen-bond donors (Lipinski definition) is 0. The molecule has 0 bridgehead atoms. The lowest BCUT2D eigenvalue weighted by Gasteiger charge is -2.14. The summed E-state index contributed by atoms with van der Waals surface area (Å²) in [6.07, 6.45) is 0.112. The molecule has 122 valence electrons. The Balaban J connectivity index is 2.16. The summed E-state index contributed by atoms with van der Waals surface area (Å²) in [5, 5.41) is 0.681. The molecule has 0 heterocycles. The van der Waals surface area contributed by atoms with E-state index < -0.39 is 6.16 Å². The molecule has 0 saturated heterocycles. The highest BCUT2D eigenvalue weighted by molar-refractivity contribution is 6.31. The Kier molecular flexibility index (Phi) is 5.88. The van der Waals surface area contributed by atoms with Crippen molar-refractivity contribution in [3.05, 3.63) is 58.1 Å². The van der Waals surface area contributed by atoms with Crippen LogP contribution in [0.2, 0.25) is 5.02 Å². The first-order chi connectivity index (χ1) is 11.0. The normalized spacial score (nSPS) is 10.3. The number of ether oxygens (including phenoxy) is 3. The molecule has 0 saturated carbocycles. The molecule has 0 radical (unpaired) electrons. The van der Waals surface area contributed by atoms with Crippen LogP contribution in [0.4, 0.5) is 4.79 Å². The van der Waals surface area contributed by atoms with Crippen molar-refractivity contribution in [3.8, 4) is 11.5 Å². The lowest BCUT2D eigenvalue weighted by molar-refractivity contribution is 0.120. The Bertz CT molecular complexity index is 697. The molecule has 23 heavy (non-hydrogen) atoms. The Morgan fingerprint density at radius 1 is 1.22 bits per heavy atom. The zero-order chi connectivity index (χ0) is 16.8. The van der Waals surface area contributed by atoms with Crippen molar-refractivity contribution in [3.63, 3.8) is 0 Å². The van der Waals surface area contributed by atoms with Crippen molar-refractivity contribution >= 4 is 17.8 Å². The van der Waals surface area contributed by atoms with Crippen LogP contribution in [0.15, 0.2) is 36.4 Å². The second-order valence-electron chi connectivity index (χ2n) is 5.00. The van der Waals surface area contributed by atoms with E-state index >= 15 is 0 Å². The number of hydrogen-bond acceptors (Lipinski definition) is 4. The lowest BCUT2D eigenvalue weighted by atomic mass is 10.1. The summed E-state index contributed by atoms with van der Waals surface area (Å²) in [5.41, 5.74) is 2.82. The largest absolute Gasteiger partial charge is 0.513 e. The number of benzene rings is 2. The minimum atomic E-state index is -0.757. The fourth-order valence-corrected chi connectivity index (χ4v) is 2.45. The second-order valence-corrected chi connectivity index (χ2v) is 5.41. The number of carbonyl (C=O) groups is 1. The van der Waals surface area contributed by atoms with E-state index in [0.717, 1.165) is 23.1 Å². The first-order valence-electron chi connectivity index (χ1n) is 7.30. The van der Waals surface area contributed by atoms with Gasteiger partial charge in [-0.25, -0.2) is 4.79 Å². The van der Waals surface area contributed by atoms with E-state index in [1.807, 2.05) is 38.1 Å². The zero-order valence-corrected chi connectivity index (χ0v) is 14.1. The van der Waals surface area contributed by atoms with Crippen LogP contribution in [0, 0.1) is 6.92 Å². The maximum Gasteiger partial charge on any atom is 0.513 e. The maximum atomic E-state index is 11.3. The summed E-state index contributed by atoms with van der Waals surface area (Å²) >= 11 is 6.20. The van der Waals surface area contributed by atoms with Crippen molar-refractivity contribution in [1.29, 1.82) is 0 Å². The molecular weight excluding hydrogens is 316 g/mol. The highest BCUT2D eigenvalue weighted by Crippen LogP contribution is 2.27. The van der Waals surface area contributed by atoms with Crippen molar-refractivity contribution in [1.82, 2.24) is 0 Å². The van der Waals surface area contributed by atoms with Crippen molar-refractivity contribution in [2.45, 2.75) is 26.9 Å². The molecular formula is C18H19ClO4. The highest BCUT2D eigenvalue weighted by Gasteiger charge is 2.12. The Morgan fingerprint density at radius 3 is 2.65 bits per heavy atom. The van der Waals surface area contributed by atoms with Gasteiger partial charge in [-0.05, 0) is 42.7 Å². The van der Waals surface area contributed by atoms with Gasteiger partial charge >= 0.3 is 6.16 Å². The van der Waals surface area contributed by atoms with Crippen molar-refractivity contribution in [2.75, 3.05) is 7.11 Å². The molecule has 2 rings (SSSR count). The van der Waals surface area contributed by atoms with Crippen molar-refractivity contribution < 1.29 is 19.0 Å². The predicted molar refractivity (Wildman–Crippen MR) is 89.4 cm³/mol. The molecule has 0 unspecified atom stereocenters. The molecule has 5 heteroatoms. The maximum absolute atomic E-state index is 11.3. The molecule has 2 aromatic carbocycles. The van der Waals surface area contributed by atoms with Crippen LogP contribution in [0.25, 0.3) is 0 Å². The summed E-state index contributed by atoms with van der Waals surface area (Å²) in [5.74, 6) is 1.09. The van der Waals surface area contributed by atoms with E-state index in [0.29, 0.717) is 16.5 Å². The predicted octanol–water partition coefficient (Wildman–Crippen LogP) is 4.94. The van der Waals surface area contributed by atoms with Gasteiger partial charge < -0.3 is 14.2 Å². The SMILES string of the molecule is CCc1ccc(OCc2c(C)cccc2OC(=O)OC)cc1Cl. The standard InChI is InChI=1S/C18H19ClO4/c1-4-13-8-9-14(10-16(13)19)22-11-15-12(2)6-5-7-17(15)23-18(20)21-3/h5-10H,4,11H2,1-3H3. The number of rotatable bonds is 5. The summed E-state index contributed by atoms with van der Waals surface area (Å²) in [6, 6.07) is 11.1.